The van der Waals surface area contributed by atoms with Crippen molar-refractivity contribution in [3.8, 4) is 0 Å². The molecule has 5 nitrogen and oxygen atoms in total. The van der Waals surface area contributed by atoms with Gasteiger partial charge in [0, 0.05) is 11.8 Å². The number of rotatable bonds is 2. The number of cyclic esters (lactones) is 1. The summed E-state index contributed by atoms with van der Waals surface area (Å²) in [7, 11) is 1.29. The minimum absolute atomic E-state index is 0.0819. The molecule has 94 valence electrons. The normalized spacial score (nSPS) is 37.2. The molecule has 0 unspecified atom stereocenters. The molecular formula is C12H16O5. The third-order valence-corrected chi connectivity index (χ3v) is 3.56. The summed E-state index contributed by atoms with van der Waals surface area (Å²) in [5, 5.41) is 9.69. The molecule has 1 fully saturated rings. The van der Waals surface area contributed by atoms with Gasteiger partial charge >= 0.3 is 11.9 Å². The van der Waals surface area contributed by atoms with E-state index in [9.17, 15) is 14.7 Å². The molecule has 1 saturated heterocycles. The Morgan fingerprint density at radius 2 is 2.29 bits per heavy atom. The van der Waals surface area contributed by atoms with E-state index < -0.39 is 29.8 Å². The summed E-state index contributed by atoms with van der Waals surface area (Å²) in [6.07, 6.45) is 2.94. The van der Waals surface area contributed by atoms with Gasteiger partial charge in [0.2, 0.25) is 0 Å². The van der Waals surface area contributed by atoms with Crippen LogP contribution in [0, 0.1) is 23.7 Å². The Bertz CT molecular complexity index is 360. The molecule has 0 aromatic heterocycles. The lowest BCUT2D eigenvalue weighted by Crippen LogP contribution is -2.42. The Hall–Kier alpha value is -1.36. The monoisotopic (exact) mass is 240 g/mol. The topological polar surface area (TPSA) is 72.8 Å². The molecule has 17 heavy (non-hydrogen) atoms. The molecule has 0 saturated carbocycles. The number of methoxy groups -OCH3 is 1. The van der Waals surface area contributed by atoms with E-state index in [-0.39, 0.29) is 11.9 Å². The van der Waals surface area contributed by atoms with Crippen LogP contribution in [0.15, 0.2) is 12.2 Å². The Balaban J connectivity index is 2.34. The quantitative estimate of drug-likeness (QED) is 0.548. The van der Waals surface area contributed by atoms with E-state index in [0.717, 1.165) is 0 Å². The third-order valence-electron chi connectivity index (χ3n) is 3.56. The first-order valence-corrected chi connectivity index (χ1v) is 5.67. The zero-order chi connectivity index (χ0) is 12.6. The zero-order valence-corrected chi connectivity index (χ0v) is 9.83. The van der Waals surface area contributed by atoms with Crippen LogP contribution in [-0.2, 0) is 19.1 Å². The summed E-state index contributed by atoms with van der Waals surface area (Å²) in [6, 6.07) is 0. The highest BCUT2D eigenvalue weighted by Gasteiger charge is 2.50. The number of aliphatic hydroxyl groups excluding tert-OH is 1. The Kier molecular flexibility index (Phi) is 3.19. The third kappa shape index (κ3) is 1.95. The molecule has 1 heterocycles. The fourth-order valence-electron chi connectivity index (χ4n) is 2.67. The Morgan fingerprint density at radius 3 is 2.88 bits per heavy atom. The van der Waals surface area contributed by atoms with Crippen molar-refractivity contribution in [3.63, 3.8) is 0 Å². The van der Waals surface area contributed by atoms with Crippen molar-refractivity contribution in [1.29, 1.82) is 0 Å². The number of esters is 2. The standard InChI is InChI=1S/C12H16O5/c1-6(13)8-4-3-7-5-17-12(15)9(7)10(8)11(14)16-2/h3-4,6-10,13H,5H2,1-2H3/t6-,7+,8-,9+,10-/m0/s1. The van der Waals surface area contributed by atoms with E-state index in [2.05, 4.69) is 0 Å². The highest BCUT2D eigenvalue weighted by Crippen LogP contribution is 2.40. The van der Waals surface area contributed by atoms with Crippen LogP contribution in [0.5, 0.6) is 0 Å². The van der Waals surface area contributed by atoms with Crippen molar-refractivity contribution < 1.29 is 24.2 Å². The maximum absolute atomic E-state index is 11.8. The van der Waals surface area contributed by atoms with Crippen molar-refractivity contribution in [2.45, 2.75) is 13.0 Å². The number of hydrogen-bond donors (Lipinski definition) is 1. The van der Waals surface area contributed by atoms with Gasteiger partial charge in [-0.1, -0.05) is 12.2 Å². The molecule has 1 aliphatic carbocycles. The van der Waals surface area contributed by atoms with Gasteiger partial charge < -0.3 is 14.6 Å². The summed E-state index contributed by atoms with van der Waals surface area (Å²) in [5.41, 5.74) is 0. The van der Waals surface area contributed by atoms with Crippen molar-refractivity contribution in [2.75, 3.05) is 13.7 Å². The Labute approximate surface area is 99.4 Å². The molecule has 1 N–H and O–H groups in total. The van der Waals surface area contributed by atoms with Crippen LogP contribution in [0.25, 0.3) is 0 Å². The van der Waals surface area contributed by atoms with Crippen molar-refractivity contribution in [1.82, 2.24) is 0 Å². The van der Waals surface area contributed by atoms with E-state index >= 15 is 0 Å². The lowest BCUT2D eigenvalue weighted by molar-refractivity contribution is -0.157. The van der Waals surface area contributed by atoms with Gasteiger partial charge in [-0.2, -0.15) is 0 Å². The molecule has 2 rings (SSSR count). The summed E-state index contributed by atoms with van der Waals surface area (Å²) in [6.45, 7) is 1.91. The minimum atomic E-state index is -0.704. The van der Waals surface area contributed by atoms with Crippen LogP contribution in [-0.4, -0.2) is 36.9 Å². The second-order valence-corrected chi connectivity index (χ2v) is 4.57. The van der Waals surface area contributed by atoms with Gasteiger partial charge in [0.1, 0.15) is 0 Å². The average Bonchev–Trinajstić information content (AvgIpc) is 2.69. The molecule has 0 aromatic rings. The summed E-state index contributed by atoms with van der Waals surface area (Å²) >= 11 is 0. The zero-order valence-electron chi connectivity index (χ0n) is 9.83. The molecule has 0 amide bonds. The van der Waals surface area contributed by atoms with Gasteiger partial charge in [-0.3, -0.25) is 9.59 Å². The second-order valence-electron chi connectivity index (χ2n) is 4.57. The van der Waals surface area contributed by atoms with Crippen LogP contribution in [0.3, 0.4) is 0 Å². The number of aliphatic hydroxyl groups is 1. The smallest absolute Gasteiger partial charge is 0.310 e. The fraction of sp³-hybridized carbons (Fsp3) is 0.667. The van der Waals surface area contributed by atoms with Crippen molar-refractivity contribution >= 4 is 11.9 Å². The number of fused-ring (bicyclic) bond motifs is 1. The largest absolute Gasteiger partial charge is 0.469 e. The molecule has 2 aliphatic rings. The maximum atomic E-state index is 11.8. The number of ether oxygens (including phenoxy) is 2. The average molecular weight is 240 g/mol. The predicted octanol–water partition coefficient (Wildman–Crippen LogP) is 0.132. The van der Waals surface area contributed by atoms with E-state index in [1.807, 2.05) is 6.08 Å². The predicted molar refractivity (Wildman–Crippen MR) is 57.8 cm³/mol. The first-order valence-electron chi connectivity index (χ1n) is 5.67. The Morgan fingerprint density at radius 1 is 1.59 bits per heavy atom. The summed E-state index contributed by atoms with van der Waals surface area (Å²) in [5.74, 6) is -2.48. The van der Waals surface area contributed by atoms with Gasteiger partial charge in [0.25, 0.3) is 0 Å². The lowest BCUT2D eigenvalue weighted by Gasteiger charge is -2.33. The van der Waals surface area contributed by atoms with E-state index in [1.54, 1.807) is 13.0 Å². The maximum Gasteiger partial charge on any atom is 0.310 e. The van der Waals surface area contributed by atoms with Gasteiger partial charge in [0.15, 0.2) is 0 Å². The molecule has 0 bridgehead atoms. The second kappa shape index (κ2) is 4.49. The van der Waals surface area contributed by atoms with Crippen molar-refractivity contribution in [3.05, 3.63) is 12.2 Å². The summed E-state index contributed by atoms with van der Waals surface area (Å²) < 4.78 is 9.71. The van der Waals surface area contributed by atoms with Gasteiger partial charge in [-0.15, -0.1) is 0 Å². The highest BCUT2D eigenvalue weighted by molar-refractivity contribution is 5.84. The number of hydrogen-bond acceptors (Lipinski definition) is 5. The lowest BCUT2D eigenvalue weighted by atomic mass is 9.70. The van der Waals surface area contributed by atoms with Crippen LogP contribution < -0.4 is 0 Å². The summed E-state index contributed by atoms with van der Waals surface area (Å²) in [4.78, 5) is 23.5. The molecule has 0 radical (unpaired) electrons. The highest BCUT2D eigenvalue weighted by atomic mass is 16.5. The van der Waals surface area contributed by atoms with Gasteiger partial charge in [-0.05, 0) is 6.92 Å². The van der Waals surface area contributed by atoms with E-state index in [1.165, 1.54) is 7.11 Å². The van der Waals surface area contributed by atoms with Crippen LogP contribution in [0.1, 0.15) is 6.92 Å². The molecule has 5 atom stereocenters. The van der Waals surface area contributed by atoms with Gasteiger partial charge in [-0.25, -0.2) is 0 Å². The van der Waals surface area contributed by atoms with Gasteiger partial charge in [0.05, 0.1) is 31.7 Å². The number of carbonyl (C=O) groups is 2. The SMILES string of the molecule is COC(=O)[C@H]1[C@H]([C@H](C)O)C=C[C@@H]2COC(=O)[C@@H]12. The molecular weight excluding hydrogens is 224 g/mol. The molecule has 5 heteroatoms. The van der Waals surface area contributed by atoms with Crippen LogP contribution in [0.2, 0.25) is 0 Å². The molecule has 0 spiro atoms. The van der Waals surface area contributed by atoms with Crippen molar-refractivity contribution in [2.24, 2.45) is 23.7 Å². The first-order chi connectivity index (χ1) is 8.06. The minimum Gasteiger partial charge on any atom is -0.469 e. The van der Waals surface area contributed by atoms with E-state index in [0.29, 0.717) is 6.61 Å². The first kappa shape index (κ1) is 12.1. The molecule has 1 aliphatic heterocycles. The molecule has 0 aromatic carbocycles. The van der Waals surface area contributed by atoms with E-state index in [4.69, 9.17) is 9.47 Å². The van der Waals surface area contributed by atoms with Crippen LogP contribution in [0.4, 0.5) is 0 Å². The van der Waals surface area contributed by atoms with Crippen LogP contribution >= 0.6 is 0 Å². The fourth-order valence-corrected chi connectivity index (χ4v) is 2.67. The number of carbonyl (C=O) groups excluding carboxylic acids is 2.